The molecule has 1 unspecified atom stereocenters. The van der Waals surface area contributed by atoms with Crippen molar-refractivity contribution in [2.24, 2.45) is 0 Å². The Bertz CT molecular complexity index is 586. The number of carboxylic acids is 1. The molecule has 0 aliphatic carbocycles. The van der Waals surface area contributed by atoms with Crippen molar-refractivity contribution < 1.29 is 19.5 Å². The number of hydrogen-bond donors (Lipinski definition) is 2. The number of carboxylic acid groups (broad SMARTS) is 1. The van der Waals surface area contributed by atoms with Crippen LogP contribution in [0.2, 0.25) is 0 Å². The molecule has 114 valence electrons. The maximum atomic E-state index is 12.4. The number of nitrogens with zero attached hydrogens (tertiary/aromatic N) is 2. The van der Waals surface area contributed by atoms with Crippen LogP contribution in [0.15, 0.2) is 5.38 Å². The van der Waals surface area contributed by atoms with Gasteiger partial charge in [0.2, 0.25) is 5.01 Å². The van der Waals surface area contributed by atoms with Gasteiger partial charge in [0.1, 0.15) is 5.54 Å². The fourth-order valence-corrected chi connectivity index (χ4v) is 2.88. The van der Waals surface area contributed by atoms with Crippen molar-refractivity contribution >= 4 is 29.2 Å². The van der Waals surface area contributed by atoms with Gasteiger partial charge in [0, 0.05) is 5.38 Å². The Hall–Kier alpha value is -1.96. The lowest BCUT2D eigenvalue weighted by Crippen LogP contribution is -2.43. The van der Waals surface area contributed by atoms with Crippen molar-refractivity contribution in [1.82, 2.24) is 15.2 Å². The summed E-state index contributed by atoms with van der Waals surface area (Å²) in [6.07, 6.45) is 2.37. The van der Waals surface area contributed by atoms with Crippen LogP contribution in [0.3, 0.4) is 0 Å². The van der Waals surface area contributed by atoms with Crippen LogP contribution in [-0.2, 0) is 11.3 Å². The SMILES string of the molecule is CCCCC1(C)NC(=O)N(Cc2csc(C(=O)O)n2)C1=O. The fraction of sp³-hybridized carbons (Fsp3) is 0.538. The van der Waals surface area contributed by atoms with E-state index in [9.17, 15) is 14.4 Å². The second kappa shape index (κ2) is 5.80. The molecule has 8 heteroatoms. The largest absolute Gasteiger partial charge is 0.476 e. The molecule has 0 radical (unpaired) electrons. The van der Waals surface area contributed by atoms with E-state index in [2.05, 4.69) is 10.3 Å². The van der Waals surface area contributed by atoms with Crippen LogP contribution in [-0.4, -0.2) is 38.4 Å². The number of carbonyl (C=O) groups is 3. The zero-order valence-electron chi connectivity index (χ0n) is 11.9. The van der Waals surface area contributed by atoms with Crippen molar-refractivity contribution in [3.8, 4) is 0 Å². The lowest BCUT2D eigenvalue weighted by molar-refractivity contribution is -0.131. The van der Waals surface area contributed by atoms with Gasteiger partial charge in [-0.05, 0) is 13.3 Å². The second-order valence-electron chi connectivity index (χ2n) is 5.21. The van der Waals surface area contributed by atoms with Gasteiger partial charge >= 0.3 is 12.0 Å². The molecule has 1 atom stereocenters. The molecule has 1 fully saturated rings. The quantitative estimate of drug-likeness (QED) is 0.781. The van der Waals surface area contributed by atoms with E-state index in [1.54, 1.807) is 12.3 Å². The van der Waals surface area contributed by atoms with Gasteiger partial charge in [-0.2, -0.15) is 0 Å². The molecule has 0 spiro atoms. The number of thiazole rings is 1. The first kappa shape index (κ1) is 15.4. The molecule has 2 N–H and O–H groups in total. The number of aromatic carboxylic acids is 1. The van der Waals surface area contributed by atoms with Crippen molar-refractivity contribution in [1.29, 1.82) is 0 Å². The maximum absolute atomic E-state index is 12.4. The first-order chi connectivity index (χ1) is 9.87. The first-order valence-corrected chi connectivity index (χ1v) is 7.57. The molecule has 2 rings (SSSR count). The molecule has 3 amide bonds. The highest BCUT2D eigenvalue weighted by atomic mass is 32.1. The molecular formula is C13H17N3O4S. The molecule has 1 aromatic rings. The molecule has 0 bridgehead atoms. The van der Waals surface area contributed by atoms with Crippen molar-refractivity contribution in [2.75, 3.05) is 0 Å². The summed E-state index contributed by atoms with van der Waals surface area (Å²) in [7, 11) is 0. The van der Waals surface area contributed by atoms with Crippen molar-refractivity contribution in [3.63, 3.8) is 0 Å². The van der Waals surface area contributed by atoms with Crippen LogP contribution >= 0.6 is 11.3 Å². The topological polar surface area (TPSA) is 99.6 Å². The predicted molar refractivity (Wildman–Crippen MR) is 76.1 cm³/mol. The standard InChI is InChI=1S/C13H17N3O4S/c1-3-4-5-13(2)11(19)16(12(20)15-13)6-8-7-21-9(14-8)10(17)18/h7H,3-6H2,1-2H3,(H,15,20)(H,17,18). The van der Waals surface area contributed by atoms with Gasteiger partial charge in [0.05, 0.1) is 12.2 Å². The number of hydrogen-bond acceptors (Lipinski definition) is 5. The minimum atomic E-state index is -1.11. The third-order valence-electron chi connectivity index (χ3n) is 3.43. The van der Waals surface area contributed by atoms with Gasteiger partial charge in [0.15, 0.2) is 0 Å². The molecule has 1 saturated heterocycles. The Labute approximate surface area is 126 Å². The third-order valence-corrected chi connectivity index (χ3v) is 4.31. The lowest BCUT2D eigenvalue weighted by atomic mass is 9.95. The average molecular weight is 311 g/mol. The third kappa shape index (κ3) is 3.05. The summed E-state index contributed by atoms with van der Waals surface area (Å²) < 4.78 is 0. The van der Waals surface area contributed by atoms with Crippen LogP contribution in [0.4, 0.5) is 4.79 Å². The monoisotopic (exact) mass is 311 g/mol. The van der Waals surface area contributed by atoms with Crippen molar-refractivity contribution in [3.05, 3.63) is 16.1 Å². The van der Waals surface area contributed by atoms with E-state index in [0.29, 0.717) is 12.1 Å². The van der Waals surface area contributed by atoms with E-state index in [0.717, 1.165) is 29.1 Å². The van der Waals surface area contributed by atoms with E-state index < -0.39 is 17.5 Å². The maximum Gasteiger partial charge on any atom is 0.365 e. The summed E-state index contributed by atoms with van der Waals surface area (Å²) >= 11 is 0.977. The molecule has 0 saturated carbocycles. The summed E-state index contributed by atoms with van der Waals surface area (Å²) in [5.74, 6) is -1.40. The molecule has 1 aliphatic rings. The lowest BCUT2D eigenvalue weighted by Gasteiger charge is -2.21. The van der Waals surface area contributed by atoms with Gasteiger partial charge < -0.3 is 10.4 Å². The summed E-state index contributed by atoms with van der Waals surface area (Å²) in [6.45, 7) is 3.73. The van der Waals surface area contributed by atoms with E-state index in [-0.39, 0.29) is 17.5 Å². The zero-order valence-corrected chi connectivity index (χ0v) is 12.7. The molecule has 2 heterocycles. The van der Waals surface area contributed by atoms with Crippen LogP contribution in [0.25, 0.3) is 0 Å². The van der Waals surface area contributed by atoms with E-state index in [4.69, 9.17) is 5.11 Å². The summed E-state index contributed by atoms with van der Waals surface area (Å²) in [5.41, 5.74) is -0.473. The number of unbranched alkanes of at least 4 members (excludes halogenated alkanes) is 1. The minimum Gasteiger partial charge on any atom is -0.476 e. The molecule has 0 aromatic carbocycles. The van der Waals surface area contributed by atoms with E-state index in [1.807, 2.05) is 6.92 Å². The number of nitrogens with one attached hydrogen (secondary N) is 1. The Kier molecular flexibility index (Phi) is 4.26. The number of imide groups is 1. The van der Waals surface area contributed by atoms with E-state index >= 15 is 0 Å². The molecule has 1 aromatic heterocycles. The number of urea groups is 1. The number of carbonyl (C=O) groups excluding carboxylic acids is 2. The van der Waals surface area contributed by atoms with Gasteiger partial charge in [-0.15, -0.1) is 11.3 Å². The number of aromatic nitrogens is 1. The fourth-order valence-electron chi connectivity index (χ4n) is 2.23. The Morgan fingerprint density at radius 2 is 2.24 bits per heavy atom. The summed E-state index contributed by atoms with van der Waals surface area (Å²) in [6, 6.07) is -0.455. The highest BCUT2D eigenvalue weighted by molar-refractivity contribution is 7.11. The summed E-state index contributed by atoms with van der Waals surface area (Å²) in [5, 5.41) is 13.0. The van der Waals surface area contributed by atoms with Gasteiger partial charge in [-0.1, -0.05) is 19.8 Å². The van der Waals surface area contributed by atoms with E-state index in [1.165, 1.54) is 0 Å². The van der Waals surface area contributed by atoms with Gasteiger partial charge in [-0.3, -0.25) is 9.69 Å². The van der Waals surface area contributed by atoms with Gasteiger partial charge in [-0.25, -0.2) is 14.6 Å². The van der Waals surface area contributed by atoms with Crippen LogP contribution in [0, 0.1) is 0 Å². The normalized spacial score (nSPS) is 21.7. The second-order valence-corrected chi connectivity index (χ2v) is 6.06. The number of amides is 3. The molecule has 7 nitrogen and oxygen atoms in total. The summed E-state index contributed by atoms with van der Waals surface area (Å²) in [4.78, 5) is 40.1. The van der Waals surface area contributed by atoms with Crippen molar-refractivity contribution in [2.45, 2.75) is 45.2 Å². The first-order valence-electron chi connectivity index (χ1n) is 6.69. The smallest absolute Gasteiger partial charge is 0.365 e. The van der Waals surface area contributed by atoms with Crippen LogP contribution in [0.1, 0.15) is 48.6 Å². The Morgan fingerprint density at radius 3 is 2.81 bits per heavy atom. The molecular weight excluding hydrogens is 294 g/mol. The Morgan fingerprint density at radius 1 is 1.52 bits per heavy atom. The molecule has 1 aliphatic heterocycles. The highest BCUT2D eigenvalue weighted by Gasteiger charge is 2.47. The molecule has 21 heavy (non-hydrogen) atoms. The predicted octanol–water partition coefficient (Wildman–Crippen LogP) is 1.84. The average Bonchev–Trinajstić information content (AvgIpc) is 2.97. The van der Waals surface area contributed by atoms with Gasteiger partial charge in [0.25, 0.3) is 5.91 Å². The Balaban J connectivity index is 2.11. The highest BCUT2D eigenvalue weighted by Crippen LogP contribution is 2.25. The van der Waals surface area contributed by atoms with Crippen LogP contribution < -0.4 is 5.32 Å². The number of rotatable bonds is 6. The minimum absolute atomic E-state index is 0.00381. The zero-order chi connectivity index (χ0) is 15.6. The van der Waals surface area contributed by atoms with Crippen LogP contribution in [0.5, 0.6) is 0 Å².